The zero-order valence-corrected chi connectivity index (χ0v) is 19.0. The summed E-state index contributed by atoms with van der Waals surface area (Å²) in [7, 11) is 0. The van der Waals surface area contributed by atoms with Crippen LogP contribution in [0.15, 0.2) is 78.0 Å². The van der Waals surface area contributed by atoms with E-state index < -0.39 is 5.60 Å². The molecule has 0 saturated heterocycles. The van der Waals surface area contributed by atoms with Gasteiger partial charge in [-0.1, -0.05) is 61.0 Å². The van der Waals surface area contributed by atoms with Crippen LogP contribution in [-0.2, 0) is 11.2 Å². The van der Waals surface area contributed by atoms with Gasteiger partial charge in [-0.15, -0.1) is 0 Å². The third kappa shape index (κ3) is 2.45. The van der Waals surface area contributed by atoms with Crippen LogP contribution in [0, 0.1) is 5.41 Å². The van der Waals surface area contributed by atoms with Crippen LogP contribution in [0.3, 0.4) is 0 Å². The number of ether oxygens (including phenoxy) is 1. The highest BCUT2D eigenvalue weighted by molar-refractivity contribution is 6.32. The molecule has 1 saturated carbocycles. The molecule has 0 radical (unpaired) electrons. The molecule has 5 nitrogen and oxygen atoms in total. The number of ketones is 2. The van der Waals surface area contributed by atoms with Crippen LogP contribution < -0.4 is 0 Å². The Labute approximate surface area is 197 Å². The van der Waals surface area contributed by atoms with Crippen molar-refractivity contribution in [3.63, 3.8) is 0 Å². The quantitative estimate of drug-likeness (QED) is 0.382. The van der Waals surface area contributed by atoms with Crippen molar-refractivity contribution in [3.8, 4) is 5.69 Å². The Kier molecular flexibility index (Phi) is 3.93. The Bertz CT molecular complexity index is 1410. The molecule has 1 aliphatic heterocycles. The summed E-state index contributed by atoms with van der Waals surface area (Å²) >= 11 is 0. The van der Waals surface area contributed by atoms with Gasteiger partial charge < -0.3 is 4.74 Å². The Morgan fingerprint density at radius 1 is 1.00 bits per heavy atom. The number of fused-ring (bicyclic) bond motifs is 5. The molecular weight excluding hydrogens is 424 g/mol. The van der Waals surface area contributed by atoms with Crippen LogP contribution in [0.5, 0.6) is 0 Å². The largest absolute Gasteiger partial charge is 0.351 e. The Balaban J connectivity index is 1.27. The van der Waals surface area contributed by atoms with Gasteiger partial charge in [-0.25, -0.2) is 4.68 Å². The number of hydrogen-bond acceptors (Lipinski definition) is 4. The molecule has 1 spiro atoms. The number of aromatic nitrogens is 2. The second kappa shape index (κ2) is 6.73. The number of Topliss-reactive ketones (excluding diaryl/α,β-unsaturated/α-hetero) is 2. The fraction of sp³-hybridized carbons (Fsp3) is 0.276. The lowest BCUT2D eigenvalue weighted by Crippen LogP contribution is -2.52. The smallest absolute Gasteiger partial charge is 0.203 e. The number of hydrogen-bond donors (Lipinski definition) is 0. The summed E-state index contributed by atoms with van der Waals surface area (Å²) in [6, 6.07) is 17.3. The summed E-state index contributed by atoms with van der Waals surface area (Å²) in [6.45, 7) is 2.27. The van der Waals surface area contributed by atoms with Gasteiger partial charge in [0.25, 0.3) is 0 Å². The minimum absolute atomic E-state index is 0.190. The van der Waals surface area contributed by atoms with Crippen molar-refractivity contribution in [2.75, 3.05) is 0 Å². The summed E-state index contributed by atoms with van der Waals surface area (Å²) in [6.07, 6.45) is 8.92. The highest BCUT2D eigenvalue weighted by Gasteiger charge is 2.58. The van der Waals surface area contributed by atoms with Crippen molar-refractivity contribution in [1.29, 1.82) is 0 Å². The third-order valence-electron chi connectivity index (χ3n) is 8.21. The number of rotatable bonds is 1. The highest BCUT2D eigenvalue weighted by Crippen LogP contribution is 2.55. The summed E-state index contributed by atoms with van der Waals surface area (Å²) in [5.41, 5.74) is 5.35. The lowest BCUT2D eigenvalue weighted by molar-refractivity contribution is -0.0558. The van der Waals surface area contributed by atoms with Crippen LogP contribution in [-0.4, -0.2) is 33.1 Å². The normalized spacial score (nSPS) is 26.3. The number of nitrogens with zero attached hydrogens (tertiary/aromatic N) is 2. The molecule has 0 amide bonds. The van der Waals surface area contributed by atoms with E-state index in [0.717, 1.165) is 30.6 Å². The van der Waals surface area contributed by atoms with Gasteiger partial charge in [0.1, 0.15) is 0 Å². The molecule has 3 aliphatic carbocycles. The SMILES string of the molecule is C[C@]12Cc3cnn(-c4ccccc4)c3C=C1CC[C@@H]1OC3(CC=C12)C(=O)c1ccccc1C3=O. The first-order chi connectivity index (χ1) is 16.5. The molecule has 0 bridgehead atoms. The van der Waals surface area contributed by atoms with Gasteiger partial charge in [0.2, 0.25) is 11.6 Å². The third-order valence-corrected chi connectivity index (χ3v) is 8.21. The predicted octanol–water partition coefficient (Wildman–Crippen LogP) is 5.15. The van der Waals surface area contributed by atoms with E-state index in [1.165, 1.54) is 16.7 Å². The van der Waals surface area contributed by atoms with Crippen molar-refractivity contribution in [1.82, 2.24) is 9.78 Å². The van der Waals surface area contributed by atoms with Gasteiger partial charge in [0.05, 0.1) is 23.7 Å². The summed E-state index contributed by atoms with van der Waals surface area (Å²) < 4.78 is 8.52. The van der Waals surface area contributed by atoms with E-state index in [1.807, 2.05) is 29.1 Å². The van der Waals surface area contributed by atoms with E-state index in [-0.39, 0.29) is 23.1 Å². The molecule has 34 heavy (non-hydrogen) atoms. The molecule has 168 valence electrons. The number of carbonyl (C=O) groups excluding carboxylic acids is 2. The highest BCUT2D eigenvalue weighted by atomic mass is 16.5. The van der Waals surface area contributed by atoms with Crippen molar-refractivity contribution < 1.29 is 14.3 Å². The fourth-order valence-electron chi connectivity index (χ4n) is 6.44. The predicted molar refractivity (Wildman–Crippen MR) is 128 cm³/mol. The summed E-state index contributed by atoms with van der Waals surface area (Å²) in [5.74, 6) is -0.380. The van der Waals surface area contributed by atoms with Crippen LogP contribution in [0.2, 0.25) is 0 Å². The fourth-order valence-corrected chi connectivity index (χ4v) is 6.44. The molecule has 3 aromatic rings. The topological polar surface area (TPSA) is 61.2 Å². The molecule has 0 N–H and O–H groups in total. The van der Waals surface area contributed by atoms with Crippen molar-refractivity contribution in [3.05, 3.63) is 100 Å². The maximum Gasteiger partial charge on any atom is 0.203 e. The second-order valence-corrected chi connectivity index (χ2v) is 10.0. The molecule has 1 fully saturated rings. The lowest BCUT2D eigenvalue weighted by Gasteiger charge is -2.49. The van der Waals surface area contributed by atoms with Crippen molar-refractivity contribution in [2.24, 2.45) is 5.41 Å². The minimum Gasteiger partial charge on any atom is -0.351 e. The van der Waals surface area contributed by atoms with Gasteiger partial charge >= 0.3 is 0 Å². The zero-order chi connectivity index (χ0) is 23.1. The summed E-state index contributed by atoms with van der Waals surface area (Å²) in [4.78, 5) is 26.6. The van der Waals surface area contributed by atoms with Crippen molar-refractivity contribution in [2.45, 2.75) is 44.3 Å². The Hall–Kier alpha value is -3.57. The standard InChI is InChI=1S/C29H24N2O3/c1-28-16-18-17-30-31(20-7-3-2-4-8-20)24(18)15-19(28)11-12-25-23(28)13-14-29(34-25)26(32)21-9-5-6-10-22(21)27(29)33/h2-10,13,15,17,25H,11-12,14,16H2,1H3/t25-,28-/m0/s1. The maximum atomic E-state index is 13.3. The molecule has 2 atom stereocenters. The van der Waals surface area contributed by atoms with Crippen LogP contribution in [0.1, 0.15) is 58.2 Å². The molecular formula is C29H24N2O3. The second-order valence-electron chi connectivity index (χ2n) is 10.0. The average molecular weight is 449 g/mol. The van der Waals surface area contributed by atoms with Crippen LogP contribution in [0.4, 0.5) is 0 Å². The van der Waals surface area contributed by atoms with Gasteiger partial charge in [-0.3, -0.25) is 9.59 Å². The van der Waals surface area contributed by atoms with Gasteiger partial charge in [-0.2, -0.15) is 5.10 Å². The molecule has 5 heteroatoms. The number of allylic oxidation sites excluding steroid dienone is 1. The monoisotopic (exact) mass is 448 g/mol. The number of benzene rings is 2. The van der Waals surface area contributed by atoms with E-state index in [2.05, 4.69) is 31.2 Å². The van der Waals surface area contributed by atoms with Gasteiger partial charge in [-0.05, 0) is 48.6 Å². The first-order valence-corrected chi connectivity index (χ1v) is 11.9. The van der Waals surface area contributed by atoms with Gasteiger partial charge in [0.15, 0.2) is 5.60 Å². The average Bonchev–Trinajstić information content (AvgIpc) is 3.36. The molecule has 7 rings (SSSR count). The van der Waals surface area contributed by atoms with E-state index in [0.29, 0.717) is 17.5 Å². The zero-order valence-electron chi connectivity index (χ0n) is 19.0. The van der Waals surface area contributed by atoms with Crippen molar-refractivity contribution >= 4 is 17.6 Å². The summed E-state index contributed by atoms with van der Waals surface area (Å²) in [5, 5.41) is 4.69. The molecule has 2 aromatic carbocycles. The number of carbonyl (C=O) groups is 2. The maximum absolute atomic E-state index is 13.3. The van der Waals surface area contributed by atoms with Gasteiger partial charge in [0, 0.05) is 23.0 Å². The van der Waals surface area contributed by atoms with E-state index in [1.54, 1.807) is 24.3 Å². The lowest BCUT2D eigenvalue weighted by atomic mass is 9.60. The van der Waals surface area contributed by atoms with Crippen LogP contribution in [0.25, 0.3) is 11.8 Å². The molecule has 0 unspecified atom stereocenters. The molecule has 4 aliphatic rings. The van der Waals surface area contributed by atoms with E-state index in [4.69, 9.17) is 9.84 Å². The Morgan fingerprint density at radius 2 is 1.71 bits per heavy atom. The number of para-hydroxylation sites is 1. The Morgan fingerprint density at radius 3 is 2.44 bits per heavy atom. The van der Waals surface area contributed by atoms with E-state index in [9.17, 15) is 9.59 Å². The minimum atomic E-state index is -1.40. The molecule has 2 heterocycles. The van der Waals surface area contributed by atoms with E-state index >= 15 is 0 Å². The van der Waals surface area contributed by atoms with Crippen LogP contribution >= 0.6 is 0 Å². The first-order valence-electron chi connectivity index (χ1n) is 11.9. The first kappa shape index (κ1) is 19.9. The molecule has 1 aromatic heterocycles.